The minimum atomic E-state index is -4.37. The van der Waals surface area contributed by atoms with E-state index in [0.717, 1.165) is 11.1 Å². The van der Waals surface area contributed by atoms with Gasteiger partial charge < -0.3 is 25.0 Å². The summed E-state index contributed by atoms with van der Waals surface area (Å²) >= 11 is 0. The molecular weight excluding hydrogens is 709 g/mol. The predicted molar refractivity (Wildman–Crippen MR) is 203 cm³/mol. The molecule has 0 aromatic heterocycles. The Morgan fingerprint density at radius 1 is 0.944 bits per heavy atom. The van der Waals surface area contributed by atoms with Gasteiger partial charge in [0.05, 0.1) is 10.8 Å². The molecule has 288 valence electrons. The minimum Gasteiger partial charge on any atom is -0.489 e. The Labute approximate surface area is 317 Å². The zero-order valence-corrected chi connectivity index (χ0v) is 32.2. The second-order valence-electron chi connectivity index (χ2n) is 15.4. The Bertz CT molecular complexity index is 1950. The number of carbonyl (C=O) groups excluding carboxylic acids is 4. The van der Waals surface area contributed by atoms with Crippen molar-refractivity contribution in [2.75, 3.05) is 13.1 Å². The number of amides is 4. The number of ether oxygens (including phenoxy) is 2. The van der Waals surface area contributed by atoms with Gasteiger partial charge in [0.15, 0.2) is 0 Å². The number of nitrogens with one attached hydrogen (secondary N) is 3. The summed E-state index contributed by atoms with van der Waals surface area (Å²) in [7, 11) is -4.37. The highest BCUT2D eigenvalue weighted by atomic mass is 32.2. The van der Waals surface area contributed by atoms with Crippen LogP contribution in [-0.4, -0.2) is 67.4 Å². The summed E-state index contributed by atoms with van der Waals surface area (Å²) < 4.78 is 40.4. The summed E-state index contributed by atoms with van der Waals surface area (Å²) in [5.74, 6) is -3.30. The van der Waals surface area contributed by atoms with Gasteiger partial charge in [0.25, 0.3) is 15.9 Å². The zero-order chi connectivity index (χ0) is 39.3. The fourth-order valence-electron chi connectivity index (χ4n) is 6.71. The van der Waals surface area contributed by atoms with Gasteiger partial charge in [0, 0.05) is 25.1 Å². The Morgan fingerprint density at radius 3 is 2.19 bits per heavy atom. The molecule has 4 amide bonds. The summed E-state index contributed by atoms with van der Waals surface area (Å²) in [4.78, 5) is 56.1. The van der Waals surface area contributed by atoms with Crippen molar-refractivity contribution in [2.24, 2.45) is 23.7 Å². The van der Waals surface area contributed by atoms with E-state index in [0.29, 0.717) is 12.2 Å². The Hall–Kier alpha value is -5.17. The Kier molecular flexibility index (Phi) is 12.2. The van der Waals surface area contributed by atoms with Crippen LogP contribution in [0.2, 0.25) is 0 Å². The molecule has 5 atom stereocenters. The van der Waals surface area contributed by atoms with E-state index in [4.69, 9.17) is 9.47 Å². The molecule has 1 saturated carbocycles. The van der Waals surface area contributed by atoms with Crippen molar-refractivity contribution >= 4 is 33.8 Å². The SMILES string of the molecule is C=C[C@@H]1C[C@]1(NC(=O)C1CN(C(=O)[C@@H](NC(=O)OC(C)(C)C)C(C)C)C[C@H]1Cc1ccccc1)C(=O)NS(=O)(=O)c1cccc(OCc2ccccc2)c1. The van der Waals surface area contributed by atoms with E-state index >= 15 is 0 Å². The van der Waals surface area contributed by atoms with Crippen LogP contribution in [0, 0.1) is 23.7 Å². The Balaban J connectivity index is 1.32. The highest BCUT2D eigenvalue weighted by Gasteiger charge is 2.61. The van der Waals surface area contributed by atoms with Gasteiger partial charge >= 0.3 is 6.09 Å². The molecule has 0 bridgehead atoms. The minimum absolute atomic E-state index is 0.0336. The lowest BCUT2D eigenvalue weighted by atomic mass is 9.88. The summed E-state index contributed by atoms with van der Waals surface area (Å²) in [5, 5.41) is 5.59. The van der Waals surface area contributed by atoms with Gasteiger partial charge in [-0.15, -0.1) is 6.58 Å². The van der Waals surface area contributed by atoms with Crippen molar-refractivity contribution in [2.45, 2.75) is 76.1 Å². The number of likely N-dealkylation sites (tertiary alicyclic amines) is 1. The molecule has 0 spiro atoms. The smallest absolute Gasteiger partial charge is 0.408 e. The van der Waals surface area contributed by atoms with Crippen LogP contribution < -0.4 is 20.1 Å². The van der Waals surface area contributed by atoms with Crippen LogP contribution in [0.15, 0.2) is 102 Å². The largest absolute Gasteiger partial charge is 0.489 e. The molecule has 2 aliphatic rings. The van der Waals surface area contributed by atoms with E-state index in [1.54, 1.807) is 31.7 Å². The monoisotopic (exact) mass is 758 g/mol. The third-order valence-corrected chi connectivity index (χ3v) is 11.0. The number of sulfonamides is 1. The molecule has 54 heavy (non-hydrogen) atoms. The van der Waals surface area contributed by atoms with E-state index in [9.17, 15) is 27.6 Å². The molecule has 1 saturated heterocycles. The van der Waals surface area contributed by atoms with Crippen LogP contribution in [0.5, 0.6) is 5.75 Å². The zero-order valence-electron chi connectivity index (χ0n) is 31.4. The number of benzene rings is 3. The van der Waals surface area contributed by atoms with Crippen molar-refractivity contribution in [3.8, 4) is 5.75 Å². The van der Waals surface area contributed by atoms with Crippen LogP contribution in [0.4, 0.5) is 4.79 Å². The van der Waals surface area contributed by atoms with Gasteiger partial charge in [0.2, 0.25) is 11.8 Å². The number of alkyl carbamates (subject to hydrolysis) is 1. The standard InChI is InChI=1S/C41H50N4O8S/c1-7-31-23-41(31,38(48)44-54(50,51)33-20-14-19-32(22-33)52-26-29-17-12-9-13-18-29)43-36(46)34-25-45(24-30(34)21-28-15-10-8-11-16-28)37(47)35(27(2)3)42-39(49)53-40(4,5)6/h7-20,22,27,30-31,34-35H,1,21,23-26H2,2-6H3,(H,42,49)(H,43,46)(H,44,48)/t30-,31-,34?,35+,41-/m1/s1. The highest BCUT2D eigenvalue weighted by molar-refractivity contribution is 7.90. The maximum absolute atomic E-state index is 14.2. The topological polar surface area (TPSA) is 160 Å². The van der Waals surface area contributed by atoms with Crippen LogP contribution in [-0.2, 0) is 42.2 Å². The molecule has 3 aromatic carbocycles. The van der Waals surface area contributed by atoms with E-state index in [-0.39, 0.29) is 48.8 Å². The molecule has 0 radical (unpaired) electrons. The Morgan fingerprint density at radius 2 is 1.59 bits per heavy atom. The lowest BCUT2D eigenvalue weighted by Gasteiger charge is -2.28. The van der Waals surface area contributed by atoms with Crippen LogP contribution in [0.3, 0.4) is 0 Å². The third kappa shape index (κ3) is 9.87. The van der Waals surface area contributed by atoms with Crippen molar-refractivity contribution in [3.05, 3.63) is 109 Å². The van der Waals surface area contributed by atoms with Crippen molar-refractivity contribution in [1.29, 1.82) is 0 Å². The molecule has 2 fully saturated rings. The second-order valence-corrected chi connectivity index (χ2v) is 17.0. The molecule has 1 heterocycles. The van der Waals surface area contributed by atoms with E-state index in [1.165, 1.54) is 24.3 Å². The highest BCUT2D eigenvalue weighted by Crippen LogP contribution is 2.45. The number of hydrogen-bond donors (Lipinski definition) is 3. The second kappa shape index (κ2) is 16.5. The van der Waals surface area contributed by atoms with E-state index in [2.05, 4.69) is 21.9 Å². The lowest BCUT2D eigenvalue weighted by Crippen LogP contribution is -2.54. The number of hydrogen-bond acceptors (Lipinski definition) is 8. The van der Waals surface area contributed by atoms with E-state index < -0.39 is 56.9 Å². The van der Waals surface area contributed by atoms with Crippen molar-refractivity contribution < 1.29 is 37.1 Å². The predicted octanol–water partition coefficient (Wildman–Crippen LogP) is 5.00. The first-order valence-corrected chi connectivity index (χ1v) is 19.6. The lowest BCUT2D eigenvalue weighted by molar-refractivity contribution is -0.134. The van der Waals surface area contributed by atoms with Crippen LogP contribution in [0.1, 0.15) is 52.2 Å². The fraction of sp³-hybridized carbons (Fsp3) is 0.415. The van der Waals surface area contributed by atoms with Gasteiger partial charge in [-0.1, -0.05) is 86.7 Å². The molecule has 12 nitrogen and oxygen atoms in total. The summed E-state index contributed by atoms with van der Waals surface area (Å²) in [6, 6.07) is 23.9. The van der Waals surface area contributed by atoms with E-state index in [1.807, 2.05) is 74.5 Å². The fourth-order valence-corrected chi connectivity index (χ4v) is 7.78. The van der Waals surface area contributed by atoms with Gasteiger partial charge in [-0.25, -0.2) is 17.9 Å². The van der Waals surface area contributed by atoms with Gasteiger partial charge in [-0.3, -0.25) is 14.4 Å². The summed E-state index contributed by atoms with van der Waals surface area (Å²) in [6.45, 7) is 13.1. The molecule has 3 N–H and O–H groups in total. The number of rotatable bonds is 14. The van der Waals surface area contributed by atoms with Gasteiger partial charge in [-0.05, 0) is 68.7 Å². The number of carbonyl (C=O) groups is 4. The maximum Gasteiger partial charge on any atom is 0.408 e. The summed E-state index contributed by atoms with van der Waals surface area (Å²) in [5.41, 5.74) is -0.452. The van der Waals surface area contributed by atoms with Crippen LogP contribution in [0.25, 0.3) is 0 Å². The molecular formula is C41H50N4O8S. The first-order valence-electron chi connectivity index (χ1n) is 18.1. The van der Waals surface area contributed by atoms with Crippen molar-refractivity contribution in [1.82, 2.24) is 20.3 Å². The molecule has 5 rings (SSSR count). The molecule has 3 aromatic rings. The molecule has 1 aliphatic carbocycles. The van der Waals surface area contributed by atoms with Crippen LogP contribution >= 0.6 is 0 Å². The number of nitrogens with zero attached hydrogens (tertiary/aromatic N) is 1. The molecule has 1 unspecified atom stereocenters. The van der Waals surface area contributed by atoms with Gasteiger partial charge in [-0.2, -0.15) is 0 Å². The summed E-state index contributed by atoms with van der Waals surface area (Å²) in [6.07, 6.45) is 1.42. The quantitative estimate of drug-likeness (QED) is 0.194. The normalized spacial score (nSPS) is 21.4. The third-order valence-electron chi connectivity index (χ3n) is 9.68. The molecule has 13 heteroatoms. The average Bonchev–Trinajstić information content (AvgIpc) is 3.68. The maximum atomic E-state index is 14.2. The first-order chi connectivity index (χ1) is 25.5. The first kappa shape index (κ1) is 40.0. The van der Waals surface area contributed by atoms with Crippen molar-refractivity contribution in [3.63, 3.8) is 0 Å². The average molecular weight is 759 g/mol. The van der Waals surface area contributed by atoms with Gasteiger partial charge in [0.1, 0.15) is 29.5 Å². The molecule has 1 aliphatic heterocycles.